The predicted octanol–water partition coefficient (Wildman–Crippen LogP) is 2.82. The van der Waals surface area contributed by atoms with Crippen molar-refractivity contribution in [1.29, 1.82) is 5.26 Å². The summed E-state index contributed by atoms with van der Waals surface area (Å²) in [5, 5.41) is 9.00. The molecule has 0 aliphatic carbocycles. The van der Waals surface area contributed by atoms with Crippen molar-refractivity contribution in [2.45, 2.75) is 13.0 Å². The van der Waals surface area contributed by atoms with Gasteiger partial charge in [0.25, 0.3) is 0 Å². The number of ether oxygens (including phenoxy) is 1. The zero-order valence-corrected chi connectivity index (χ0v) is 10.3. The fraction of sp³-hybridized carbons (Fsp3) is 0.333. The van der Waals surface area contributed by atoms with Crippen molar-refractivity contribution in [3.63, 3.8) is 0 Å². The van der Waals surface area contributed by atoms with E-state index in [-0.39, 0.29) is 6.61 Å². The summed E-state index contributed by atoms with van der Waals surface area (Å²) in [5.74, 6) is 0. The third-order valence-corrected chi connectivity index (χ3v) is 2.36. The topological polar surface area (TPSA) is 53.3 Å². The van der Waals surface area contributed by atoms with Crippen LogP contribution in [0, 0.1) is 11.3 Å². The van der Waals surface area contributed by atoms with Crippen LogP contribution < -0.4 is 0 Å². The van der Waals surface area contributed by atoms with Gasteiger partial charge >= 0.3 is 6.09 Å². The van der Waals surface area contributed by atoms with Crippen LogP contribution in [-0.2, 0) is 11.3 Å². The number of nitriles is 1. The minimum atomic E-state index is -0.444. The van der Waals surface area contributed by atoms with Crippen molar-refractivity contribution >= 4 is 17.7 Å². The molecule has 0 fully saturated rings. The molecule has 0 aliphatic heterocycles. The lowest BCUT2D eigenvalue weighted by Gasteiger charge is -2.15. The maximum Gasteiger partial charge on any atom is 0.409 e. The van der Waals surface area contributed by atoms with Crippen LogP contribution in [0.2, 0.25) is 5.02 Å². The van der Waals surface area contributed by atoms with Crippen molar-refractivity contribution in [2.75, 3.05) is 13.6 Å². The average Bonchev–Trinajstić information content (AvgIpc) is 2.33. The third-order valence-electron chi connectivity index (χ3n) is 2.12. The van der Waals surface area contributed by atoms with Gasteiger partial charge < -0.3 is 9.64 Å². The second kappa shape index (κ2) is 6.77. The molecule has 0 bridgehead atoms. The normalized spacial score (nSPS) is 9.47. The van der Waals surface area contributed by atoms with Gasteiger partial charge in [0.05, 0.1) is 12.5 Å². The van der Waals surface area contributed by atoms with Crippen LogP contribution in [0.1, 0.15) is 12.0 Å². The maximum absolute atomic E-state index is 11.5. The van der Waals surface area contributed by atoms with Gasteiger partial charge in [0.1, 0.15) is 6.61 Å². The number of amides is 1. The molecule has 17 heavy (non-hydrogen) atoms. The molecule has 0 unspecified atom stereocenters. The summed E-state index contributed by atoms with van der Waals surface area (Å²) in [6, 6.07) is 9.09. The van der Waals surface area contributed by atoms with E-state index in [4.69, 9.17) is 21.6 Å². The van der Waals surface area contributed by atoms with Gasteiger partial charge in [0.15, 0.2) is 0 Å². The van der Waals surface area contributed by atoms with Crippen molar-refractivity contribution in [3.8, 4) is 6.07 Å². The molecule has 5 heteroatoms. The highest BCUT2D eigenvalue weighted by Gasteiger charge is 2.09. The number of benzene rings is 1. The fourth-order valence-electron chi connectivity index (χ4n) is 1.19. The molecule has 1 amide bonds. The molecule has 1 rings (SSSR count). The van der Waals surface area contributed by atoms with Crippen LogP contribution in [0.3, 0.4) is 0 Å². The first kappa shape index (κ1) is 13.3. The third kappa shape index (κ3) is 4.75. The molecular weight excluding hydrogens is 240 g/mol. The molecular formula is C12H13ClN2O2. The molecule has 0 saturated carbocycles. The smallest absolute Gasteiger partial charge is 0.409 e. The van der Waals surface area contributed by atoms with Crippen molar-refractivity contribution < 1.29 is 9.53 Å². The van der Waals surface area contributed by atoms with Gasteiger partial charge in [-0.05, 0) is 17.7 Å². The van der Waals surface area contributed by atoms with E-state index in [1.165, 1.54) is 4.90 Å². The number of nitrogens with zero attached hydrogens (tertiary/aromatic N) is 2. The molecule has 1 aromatic rings. The molecule has 0 heterocycles. The van der Waals surface area contributed by atoms with E-state index in [9.17, 15) is 4.79 Å². The number of rotatable bonds is 4. The molecule has 4 nitrogen and oxygen atoms in total. The average molecular weight is 253 g/mol. The van der Waals surface area contributed by atoms with Gasteiger partial charge in [0, 0.05) is 18.6 Å². The van der Waals surface area contributed by atoms with Crippen LogP contribution in [0.5, 0.6) is 0 Å². The van der Waals surface area contributed by atoms with E-state index in [0.29, 0.717) is 18.0 Å². The molecule has 0 atom stereocenters. The molecule has 0 aliphatic rings. The highest BCUT2D eigenvalue weighted by molar-refractivity contribution is 6.30. The number of carbonyl (C=O) groups is 1. The molecule has 1 aromatic carbocycles. The van der Waals surface area contributed by atoms with E-state index >= 15 is 0 Å². The lowest BCUT2D eigenvalue weighted by molar-refractivity contribution is 0.105. The second-order valence-electron chi connectivity index (χ2n) is 3.51. The SMILES string of the molecule is CN(CCC#N)C(=O)OCc1cccc(Cl)c1. The first-order chi connectivity index (χ1) is 8.13. The van der Waals surface area contributed by atoms with Crippen molar-refractivity contribution in [2.24, 2.45) is 0 Å². The Bertz CT molecular complexity index is 429. The molecule has 0 spiro atoms. The quantitative estimate of drug-likeness (QED) is 0.828. The lowest BCUT2D eigenvalue weighted by atomic mass is 10.2. The van der Waals surface area contributed by atoms with Crippen LogP contribution in [-0.4, -0.2) is 24.6 Å². The number of carbonyl (C=O) groups excluding carboxylic acids is 1. The summed E-state index contributed by atoms with van der Waals surface area (Å²) < 4.78 is 5.06. The standard InChI is InChI=1S/C12H13ClN2O2/c1-15(7-3-6-14)12(16)17-9-10-4-2-5-11(13)8-10/h2,4-5,8H,3,7,9H2,1H3. The zero-order valence-electron chi connectivity index (χ0n) is 9.52. The Balaban J connectivity index is 2.40. The highest BCUT2D eigenvalue weighted by atomic mass is 35.5. The van der Waals surface area contributed by atoms with E-state index in [2.05, 4.69) is 0 Å². The maximum atomic E-state index is 11.5. The fourth-order valence-corrected chi connectivity index (χ4v) is 1.40. The van der Waals surface area contributed by atoms with Gasteiger partial charge in [-0.3, -0.25) is 0 Å². The Morgan fingerprint density at radius 2 is 2.35 bits per heavy atom. The largest absolute Gasteiger partial charge is 0.445 e. The second-order valence-corrected chi connectivity index (χ2v) is 3.95. The Hall–Kier alpha value is -1.73. The van der Waals surface area contributed by atoms with E-state index in [1.807, 2.05) is 12.1 Å². The molecule has 0 radical (unpaired) electrons. The number of halogens is 1. The first-order valence-electron chi connectivity index (χ1n) is 5.13. The molecule has 0 saturated heterocycles. The van der Waals surface area contributed by atoms with Crippen LogP contribution in [0.15, 0.2) is 24.3 Å². The number of hydrogen-bond acceptors (Lipinski definition) is 3. The van der Waals surface area contributed by atoms with Crippen LogP contribution >= 0.6 is 11.6 Å². The summed E-state index contributed by atoms with van der Waals surface area (Å²) in [6.07, 6.45) is -0.150. The van der Waals surface area contributed by atoms with Gasteiger partial charge in [-0.15, -0.1) is 0 Å². The van der Waals surface area contributed by atoms with Crippen LogP contribution in [0.4, 0.5) is 4.79 Å². The van der Waals surface area contributed by atoms with Gasteiger partial charge in [-0.2, -0.15) is 5.26 Å². The zero-order chi connectivity index (χ0) is 12.7. The summed E-state index contributed by atoms with van der Waals surface area (Å²) in [6.45, 7) is 0.543. The van der Waals surface area contributed by atoms with Gasteiger partial charge in [-0.1, -0.05) is 23.7 Å². The molecule has 90 valence electrons. The van der Waals surface area contributed by atoms with Crippen LogP contribution in [0.25, 0.3) is 0 Å². The minimum Gasteiger partial charge on any atom is -0.445 e. The Morgan fingerprint density at radius 3 is 3.00 bits per heavy atom. The molecule has 0 N–H and O–H groups in total. The van der Waals surface area contributed by atoms with E-state index in [0.717, 1.165) is 5.56 Å². The van der Waals surface area contributed by atoms with E-state index in [1.54, 1.807) is 25.2 Å². The number of hydrogen-bond donors (Lipinski definition) is 0. The summed E-state index contributed by atoms with van der Waals surface area (Å²) in [7, 11) is 1.59. The van der Waals surface area contributed by atoms with Crippen molar-refractivity contribution in [3.05, 3.63) is 34.9 Å². The predicted molar refractivity (Wildman–Crippen MR) is 64.5 cm³/mol. The van der Waals surface area contributed by atoms with E-state index < -0.39 is 6.09 Å². The lowest BCUT2D eigenvalue weighted by Crippen LogP contribution is -2.28. The van der Waals surface area contributed by atoms with Crippen molar-refractivity contribution in [1.82, 2.24) is 4.90 Å². The minimum absolute atomic E-state index is 0.177. The summed E-state index contributed by atoms with van der Waals surface area (Å²) in [5.41, 5.74) is 0.833. The van der Waals surface area contributed by atoms with Gasteiger partial charge in [0.2, 0.25) is 0 Å². The monoisotopic (exact) mass is 252 g/mol. The Labute approximate surface area is 105 Å². The summed E-state index contributed by atoms with van der Waals surface area (Å²) >= 11 is 5.80. The Morgan fingerprint density at radius 1 is 1.59 bits per heavy atom. The van der Waals surface area contributed by atoms with Gasteiger partial charge in [-0.25, -0.2) is 4.79 Å². The Kier molecular flexibility index (Phi) is 5.31. The highest BCUT2D eigenvalue weighted by Crippen LogP contribution is 2.11. The first-order valence-corrected chi connectivity index (χ1v) is 5.50. The summed E-state index contributed by atoms with van der Waals surface area (Å²) in [4.78, 5) is 12.8. The molecule has 0 aromatic heterocycles.